The first-order valence-electron chi connectivity index (χ1n) is 5.69. The third-order valence-corrected chi connectivity index (χ3v) is 4.08. The van der Waals surface area contributed by atoms with Gasteiger partial charge in [-0.2, -0.15) is 0 Å². The fourth-order valence-electron chi connectivity index (χ4n) is 1.41. The summed E-state index contributed by atoms with van der Waals surface area (Å²) in [6.45, 7) is 0. The van der Waals surface area contributed by atoms with Crippen molar-refractivity contribution in [2.45, 2.75) is 12.8 Å². The molecule has 5 nitrogen and oxygen atoms in total. The predicted octanol–water partition coefficient (Wildman–Crippen LogP) is 2.14. The third-order valence-electron chi connectivity index (χ3n) is 2.40. The molecule has 0 fully saturated rings. The number of nitrogens with zero attached hydrogens (tertiary/aromatic N) is 1. The standard InChI is InChI=1S/C12H13N3O2S2/c1-13-10(16)5-4-8-7-19-12(14-8)15-11(17)9-3-2-6-18-9/h2-3,6-7H,4-5H2,1H3,(H,13,16)(H,14,15,17). The molecule has 0 unspecified atom stereocenters. The van der Waals surface area contributed by atoms with Crippen molar-refractivity contribution < 1.29 is 9.59 Å². The van der Waals surface area contributed by atoms with Gasteiger partial charge in [-0.3, -0.25) is 14.9 Å². The molecule has 0 spiro atoms. The van der Waals surface area contributed by atoms with Crippen molar-refractivity contribution in [3.8, 4) is 0 Å². The van der Waals surface area contributed by atoms with Crippen LogP contribution in [0, 0.1) is 0 Å². The van der Waals surface area contributed by atoms with E-state index in [1.165, 1.54) is 22.7 Å². The molecular weight excluding hydrogens is 282 g/mol. The molecule has 0 bridgehead atoms. The summed E-state index contributed by atoms with van der Waals surface area (Å²) in [5.74, 6) is -0.167. The number of carbonyl (C=O) groups is 2. The smallest absolute Gasteiger partial charge is 0.267 e. The van der Waals surface area contributed by atoms with E-state index in [2.05, 4.69) is 15.6 Å². The summed E-state index contributed by atoms with van der Waals surface area (Å²) >= 11 is 2.75. The Morgan fingerprint density at radius 2 is 2.21 bits per heavy atom. The third kappa shape index (κ3) is 3.87. The molecule has 0 aliphatic carbocycles. The fourth-order valence-corrected chi connectivity index (χ4v) is 2.77. The first-order chi connectivity index (χ1) is 9.19. The number of thiazole rings is 1. The molecule has 0 aromatic carbocycles. The van der Waals surface area contributed by atoms with Crippen molar-refractivity contribution in [2.75, 3.05) is 12.4 Å². The van der Waals surface area contributed by atoms with Crippen molar-refractivity contribution >= 4 is 39.6 Å². The fraction of sp³-hybridized carbons (Fsp3) is 0.250. The van der Waals surface area contributed by atoms with Crippen LogP contribution in [0.4, 0.5) is 5.13 Å². The summed E-state index contributed by atoms with van der Waals surface area (Å²) in [6.07, 6.45) is 0.976. The van der Waals surface area contributed by atoms with E-state index in [-0.39, 0.29) is 11.8 Å². The summed E-state index contributed by atoms with van der Waals surface area (Å²) in [6, 6.07) is 3.59. The average Bonchev–Trinajstić information content (AvgIpc) is 3.07. The molecule has 2 rings (SSSR count). The van der Waals surface area contributed by atoms with Gasteiger partial charge in [0.2, 0.25) is 5.91 Å². The van der Waals surface area contributed by atoms with Crippen LogP contribution in [0.1, 0.15) is 21.8 Å². The number of amides is 2. The number of anilines is 1. The number of aromatic nitrogens is 1. The number of rotatable bonds is 5. The predicted molar refractivity (Wildman–Crippen MR) is 76.8 cm³/mol. The largest absolute Gasteiger partial charge is 0.359 e. The van der Waals surface area contributed by atoms with E-state index in [0.717, 1.165) is 5.69 Å². The van der Waals surface area contributed by atoms with Crippen LogP contribution in [0.25, 0.3) is 0 Å². The molecule has 19 heavy (non-hydrogen) atoms. The number of carbonyl (C=O) groups excluding carboxylic acids is 2. The average molecular weight is 295 g/mol. The summed E-state index contributed by atoms with van der Waals surface area (Å²) in [7, 11) is 1.61. The monoisotopic (exact) mass is 295 g/mol. The lowest BCUT2D eigenvalue weighted by Gasteiger charge is -1.98. The summed E-state index contributed by atoms with van der Waals surface area (Å²) in [5.41, 5.74) is 0.815. The number of hydrogen-bond donors (Lipinski definition) is 2. The van der Waals surface area contributed by atoms with E-state index in [1.54, 1.807) is 13.1 Å². The molecule has 7 heteroatoms. The maximum atomic E-state index is 11.8. The van der Waals surface area contributed by atoms with Gasteiger partial charge in [0.05, 0.1) is 10.6 Å². The number of nitrogens with one attached hydrogen (secondary N) is 2. The second kappa shape index (κ2) is 6.44. The highest BCUT2D eigenvalue weighted by Crippen LogP contribution is 2.18. The Balaban J connectivity index is 1.90. The number of aryl methyl sites for hydroxylation is 1. The van der Waals surface area contributed by atoms with Gasteiger partial charge in [0.15, 0.2) is 5.13 Å². The van der Waals surface area contributed by atoms with E-state index >= 15 is 0 Å². The van der Waals surface area contributed by atoms with Crippen molar-refractivity contribution in [3.63, 3.8) is 0 Å². The maximum Gasteiger partial charge on any atom is 0.267 e. The molecule has 2 aromatic rings. The van der Waals surface area contributed by atoms with Gasteiger partial charge in [-0.1, -0.05) is 6.07 Å². The van der Waals surface area contributed by atoms with E-state index in [4.69, 9.17) is 0 Å². The molecule has 2 amide bonds. The van der Waals surface area contributed by atoms with Gasteiger partial charge < -0.3 is 5.32 Å². The van der Waals surface area contributed by atoms with E-state index < -0.39 is 0 Å². The van der Waals surface area contributed by atoms with Crippen LogP contribution < -0.4 is 10.6 Å². The maximum absolute atomic E-state index is 11.8. The van der Waals surface area contributed by atoms with Crippen LogP contribution in [-0.4, -0.2) is 23.8 Å². The molecule has 2 heterocycles. The molecular formula is C12H13N3O2S2. The highest BCUT2D eigenvalue weighted by atomic mass is 32.1. The van der Waals surface area contributed by atoms with Gasteiger partial charge in [0.1, 0.15) is 0 Å². The summed E-state index contributed by atoms with van der Waals surface area (Å²) < 4.78 is 0. The van der Waals surface area contributed by atoms with Crippen molar-refractivity contribution in [1.82, 2.24) is 10.3 Å². The molecule has 100 valence electrons. The Bertz CT molecular complexity index is 563. The van der Waals surface area contributed by atoms with E-state index in [9.17, 15) is 9.59 Å². The van der Waals surface area contributed by atoms with Gasteiger partial charge in [-0.05, 0) is 17.9 Å². The van der Waals surface area contributed by atoms with Crippen LogP contribution in [0.3, 0.4) is 0 Å². The normalized spacial score (nSPS) is 10.2. The highest BCUT2D eigenvalue weighted by Gasteiger charge is 2.10. The molecule has 0 radical (unpaired) electrons. The molecule has 2 N–H and O–H groups in total. The summed E-state index contributed by atoms with van der Waals surface area (Å²) in [5, 5.41) is 9.57. The van der Waals surface area contributed by atoms with Crippen LogP contribution in [0.5, 0.6) is 0 Å². The van der Waals surface area contributed by atoms with Crippen molar-refractivity contribution in [1.29, 1.82) is 0 Å². The Labute approximate surface area is 118 Å². The second-order valence-corrected chi connectivity index (χ2v) is 5.55. The minimum Gasteiger partial charge on any atom is -0.359 e. The van der Waals surface area contributed by atoms with Crippen LogP contribution in [-0.2, 0) is 11.2 Å². The Kier molecular flexibility index (Phi) is 4.64. The van der Waals surface area contributed by atoms with Gasteiger partial charge in [0.25, 0.3) is 5.91 Å². The van der Waals surface area contributed by atoms with Gasteiger partial charge in [-0.25, -0.2) is 4.98 Å². The van der Waals surface area contributed by atoms with Crippen LogP contribution >= 0.6 is 22.7 Å². The molecule has 0 aliphatic rings. The lowest BCUT2D eigenvalue weighted by Crippen LogP contribution is -2.18. The molecule has 0 saturated carbocycles. The van der Waals surface area contributed by atoms with Crippen molar-refractivity contribution in [2.24, 2.45) is 0 Å². The van der Waals surface area contributed by atoms with Crippen LogP contribution in [0.15, 0.2) is 22.9 Å². The highest BCUT2D eigenvalue weighted by molar-refractivity contribution is 7.14. The van der Waals surface area contributed by atoms with E-state index in [1.807, 2.05) is 16.8 Å². The lowest BCUT2D eigenvalue weighted by molar-refractivity contribution is -0.120. The number of hydrogen-bond acceptors (Lipinski definition) is 5. The molecule has 0 saturated heterocycles. The zero-order valence-electron chi connectivity index (χ0n) is 10.3. The first kappa shape index (κ1) is 13.7. The molecule has 0 aliphatic heterocycles. The number of thiophene rings is 1. The van der Waals surface area contributed by atoms with Crippen molar-refractivity contribution in [3.05, 3.63) is 33.5 Å². The Hall–Kier alpha value is -1.73. The summed E-state index contributed by atoms with van der Waals surface area (Å²) in [4.78, 5) is 27.9. The second-order valence-electron chi connectivity index (χ2n) is 3.75. The zero-order valence-corrected chi connectivity index (χ0v) is 11.9. The SMILES string of the molecule is CNC(=O)CCc1csc(NC(=O)c2cccs2)n1. The Morgan fingerprint density at radius 1 is 1.37 bits per heavy atom. The van der Waals surface area contributed by atoms with Gasteiger partial charge in [0, 0.05) is 18.8 Å². The molecule has 2 aromatic heterocycles. The van der Waals surface area contributed by atoms with E-state index in [0.29, 0.717) is 22.9 Å². The minimum atomic E-state index is -0.151. The first-order valence-corrected chi connectivity index (χ1v) is 7.45. The van der Waals surface area contributed by atoms with Crippen LogP contribution in [0.2, 0.25) is 0 Å². The lowest BCUT2D eigenvalue weighted by atomic mass is 10.2. The zero-order chi connectivity index (χ0) is 13.7. The molecule has 0 atom stereocenters. The Morgan fingerprint density at radius 3 is 2.89 bits per heavy atom. The minimum absolute atomic E-state index is 0.0165. The quantitative estimate of drug-likeness (QED) is 0.887. The van der Waals surface area contributed by atoms with Gasteiger partial charge in [-0.15, -0.1) is 22.7 Å². The topological polar surface area (TPSA) is 71.1 Å². The van der Waals surface area contributed by atoms with Gasteiger partial charge >= 0.3 is 0 Å².